The van der Waals surface area contributed by atoms with Crippen LogP contribution in [0.15, 0.2) is 53.6 Å². The molecule has 0 saturated carbocycles. The molecule has 112 valence electrons. The number of amides is 2. The predicted molar refractivity (Wildman–Crippen MR) is 87.6 cm³/mol. The van der Waals surface area contributed by atoms with Crippen LogP contribution in [-0.2, 0) is 0 Å². The van der Waals surface area contributed by atoms with Crippen LogP contribution in [-0.4, -0.2) is 28.0 Å². The third-order valence-electron chi connectivity index (χ3n) is 4.02. The van der Waals surface area contributed by atoms with Crippen LogP contribution in [0.4, 0.5) is 0 Å². The minimum Gasteiger partial charge on any atom is -0.358 e. The molecule has 0 unspecified atom stereocenters. The van der Waals surface area contributed by atoms with Gasteiger partial charge in [0.15, 0.2) is 0 Å². The van der Waals surface area contributed by atoms with Crippen molar-refractivity contribution >= 4 is 28.9 Å². The molecule has 0 radical (unpaired) electrons. The van der Waals surface area contributed by atoms with E-state index >= 15 is 0 Å². The van der Waals surface area contributed by atoms with Crippen molar-refractivity contribution in [3.63, 3.8) is 0 Å². The van der Waals surface area contributed by atoms with Gasteiger partial charge in [0.25, 0.3) is 11.8 Å². The maximum Gasteiger partial charge on any atom is 0.282 e. The number of benzene rings is 2. The minimum atomic E-state index is -0.389. The average molecular weight is 303 g/mol. The molecule has 0 spiro atoms. The second-order valence-electron chi connectivity index (χ2n) is 5.42. The van der Waals surface area contributed by atoms with E-state index in [9.17, 15) is 9.59 Å². The molecule has 0 atom stereocenters. The molecule has 2 heterocycles. The molecule has 2 aromatic carbocycles. The summed E-state index contributed by atoms with van der Waals surface area (Å²) in [5, 5.41) is 6.07. The van der Waals surface area contributed by atoms with Gasteiger partial charge in [-0.25, -0.2) is 0 Å². The molecular weight excluding hydrogens is 290 g/mol. The Balaban J connectivity index is 1.74. The van der Waals surface area contributed by atoms with Crippen molar-refractivity contribution in [2.45, 2.75) is 6.92 Å². The number of hydrogen-bond acceptors (Lipinski definition) is 3. The van der Waals surface area contributed by atoms with Crippen LogP contribution in [0.1, 0.15) is 32.0 Å². The van der Waals surface area contributed by atoms with Gasteiger partial charge in [-0.05, 0) is 25.1 Å². The first kappa shape index (κ1) is 13.5. The Morgan fingerprint density at radius 1 is 0.957 bits per heavy atom. The molecule has 23 heavy (non-hydrogen) atoms. The zero-order valence-corrected chi connectivity index (χ0v) is 12.4. The number of imide groups is 1. The topological polar surface area (TPSA) is 65.5 Å². The summed E-state index contributed by atoms with van der Waals surface area (Å²) in [4.78, 5) is 27.9. The fourth-order valence-corrected chi connectivity index (χ4v) is 2.86. The van der Waals surface area contributed by atoms with E-state index in [1.165, 1.54) is 0 Å². The lowest BCUT2D eigenvalue weighted by molar-refractivity contribution is 0.0660. The zero-order chi connectivity index (χ0) is 16.0. The Kier molecular flexibility index (Phi) is 2.87. The van der Waals surface area contributed by atoms with Gasteiger partial charge >= 0.3 is 0 Å². The Bertz CT molecular complexity index is 950. The number of aromatic amines is 1. The van der Waals surface area contributed by atoms with E-state index in [1.807, 2.05) is 31.2 Å². The normalized spacial score (nSPS) is 14.2. The first-order valence-corrected chi connectivity index (χ1v) is 7.26. The SMILES string of the molecule is Cc1[nH]c2ccccc2c1/C=N/N1C(=O)c2ccccc2C1=O. The second kappa shape index (κ2) is 4.91. The van der Waals surface area contributed by atoms with Gasteiger partial charge in [0.2, 0.25) is 0 Å². The monoisotopic (exact) mass is 303 g/mol. The van der Waals surface area contributed by atoms with Crippen LogP contribution in [0.3, 0.4) is 0 Å². The van der Waals surface area contributed by atoms with Crippen molar-refractivity contribution in [1.82, 2.24) is 9.99 Å². The van der Waals surface area contributed by atoms with Gasteiger partial charge in [-0.3, -0.25) is 9.59 Å². The van der Waals surface area contributed by atoms with Crippen molar-refractivity contribution in [2.75, 3.05) is 0 Å². The maximum absolute atomic E-state index is 12.3. The van der Waals surface area contributed by atoms with Gasteiger partial charge in [-0.15, -0.1) is 0 Å². The highest BCUT2D eigenvalue weighted by molar-refractivity contribution is 6.21. The predicted octanol–water partition coefficient (Wildman–Crippen LogP) is 3.11. The van der Waals surface area contributed by atoms with E-state index < -0.39 is 0 Å². The number of aromatic nitrogens is 1. The van der Waals surface area contributed by atoms with Crippen LogP contribution < -0.4 is 0 Å². The number of hydrogen-bond donors (Lipinski definition) is 1. The first-order chi connectivity index (χ1) is 11.2. The van der Waals surface area contributed by atoms with E-state index in [4.69, 9.17) is 0 Å². The average Bonchev–Trinajstić information content (AvgIpc) is 3.01. The van der Waals surface area contributed by atoms with Crippen molar-refractivity contribution in [2.24, 2.45) is 5.10 Å². The van der Waals surface area contributed by atoms with E-state index in [1.54, 1.807) is 30.5 Å². The minimum absolute atomic E-state index is 0.389. The summed E-state index contributed by atoms with van der Waals surface area (Å²) in [7, 11) is 0. The molecule has 1 aromatic heterocycles. The Morgan fingerprint density at radius 3 is 2.26 bits per heavy atom. The van der Waals surface area contributed by atoms with Gasteiger partial charge in [-0.1, -0.05) is 30.3 Å². The number of para-hydroxylation sites is 1. The molecule has 3 aromatic rings. The molecular formula is C18H13N3O2. The molecule has 1 aliphatic heterocycles. The summed E-state index contributed by atoms with van der Waals surface area (Å²) in [6, 6.07) is 14.6. The number of hydrazone groups is 1. The van der Waals surface area contributed by atoms with E-state index in [-0.39, 0.29) is 11.8 Å². The highest BCUT2D eigenvalue weighted by Gasteiger charge is 2.35. The quantitative estimate of drug-likeness (QED) is 0.584. The van der Waals surface area contributed by atoms with E-state index in [0.29, 0.717) is 11.1 Å². The molecule has 4 rings (SSSR count). The van der Waals surface area contributed by atoms with Crippen molar-refractivity contribution < 1.29 is 9.59 Å². The summed E-state index contributed by atoms with van der Waals surface area (Å²) >= 11 is 0. The zero-order valence-electron chi connectivity index (χ0n) is 12.4. The molecule has 2 amide bonds. The fraction of sp³-hybridized carbons (Fsp3) is 0.0556. The Morgan fingerprint density at radius 2 is 1.57 bits per heavy atom. The van der Waals surface area contributed by atoms with Gasteiger partial charge in [0.1, 0.15) is 0 Å². The number of carbonyl (C=O) groups is 2. The van der Waals surface area contributed by atoms with Crippen LogP contribution in [0.25, 0.3) is 10.9 Å². The third kappa shape index (κ3) is 1.97. The van der Waals surface area contributed by atoms with Crippen LogP contribution >= 0.6 is 0 Å². The third-order valence-corrected chi connectivity index (χ3v) is 4.02. The van der Waals surface area contributed by atoms with Crippen molar-refractivity contribution in [1.29, 1.82) is 0 Å². The summed E-state index contributed by atoms with van der Waals surface area (Å²) in [5.74, 6) is -0.779. The number of rotatable bonds is 2. The lowest BCUT2D eigenvalue weighted by Crippen LogP contribution is -2.24. The molecule has 0 bridgehead atoms. The molecule has 0 fully saturated rings. The number of H-pyrrole nitrogens is 1. The Hall–Kier alpha value is -3.21. The molecule has 0 saturated heterocycles. The standard InChI is InChI=1S/C18H13N3O2/c1-11-15(12-6-4-5-9-16(12)20-11)10-19-21-17(22)13-7-2-3-8-14(13)18(21)23/h2-10,20H,1H3/b19-10+. The number of nitrogens with one attached hydrogen (secondary N) is 1. The lowest BCUT2D eigenvalue weighted by Gasteiger charge is -2.05. The van der Waals surface area contributed by atoms with Gasteiger partial charge in [0, 0.05) is 22.2 Å². The molecule has 1 aliphatic rings. The first-order valence-electron chi connectivity index (χ1n) is 7.26. The van der Waals surface area contributed by atoms with Crippen LogP contribution in [0.5, 0.6) is 0 Å². The molecule has 1 N–H and O–H groups in total. The highest BCUT2D eigenvalue weighted by Crippen LogP contribution is 2.24. The number of aryl methyl sites for hydroxylation is 1. The summed E-state index contributed by atoms with van der Waals surface area (Å²) in [6.07, 6.45) is 1.57. The summed E-state index contributed by atoms with van der Waals surface area (Å²) in [5.41, 5.74) is 3.59. The second-order valence-corrected chi connectivity index (χ2v) is 5.42. The van der Waals surface area contributed by atoms with Crippen LogP contribution in [0, 0.1) is 6.92 Å². The summed E-state index contributed by atoms with van der Waals surface area (Å²) in [6.45, 7) is 1.93. The van der Waals surface area contributed by atoms with Crippen LogP contribution in [0.2, 0.25) is 0 Å². The lowest BCUT2D eigenvalue weighted by atomic mass is 10.1. The maximum atomic E-state index is 12.3. The molecule has 5 heteroatoms. The van der Waals surface area contributed by atoms with E-state index in [2.05, 4.69) is 10.1 Å². The highest BCUT2D eigenvalue weighted by atomic mass is 16.2. The van der Waals surface area contributed by atoms with Crippen molar-refractivity contribution in [3.05, 3.63) is 70.9 Å². The smallest absolute Gasteiger partial charge is 0.282 e. The summed E-state index contributed by atoms with van der Waals surface area (Å²) < 4.78 is 0. The fourth-order valence-electron chi connectivity index (χ4n) is 2.86. The van der Waals surface area contributed by atoms with E-state index in [0.717, 1.165) is 27.2 Å². The van der Waals surface area contributed by atoms with Gasteiger partial charge in [-0.2, -0.15) is 10.1 Å². The number of carbonyl (C=O) groups excluding carboxylic acids is 2. The van der Waals surface area contributed by atoms with Gasteiger partial charge in [0.05, 0.1) is 17.3 Å². The molecule has 5 nitrogen and oxygen atoms in total. The molecule has 0 aliphatic carbocycles. The largest absolute Gasteiger partial charge is 0.358 e. The Labute approximate surface area is 132 Å². The van der Waals surface area contributed by atoms with Gasteiger partial charge < -0.3 is 4.98 Å². The van der Waals surface area contributed by atoms with Crippen molar-refractivity contribution in [3.8, 4) is 0 Å². The number of fused-ring (bicyclic) bond motifs is 2. The number of nitrogens with zero attached hydrogens (tertiary/aromatic N) is 2.